The fraction of sp³-hybridized carbons (Fsp3) is 0.600. The van der Waals surface area contributed by atoms with Crippen molar-refractivity contribution in [3.63, 3.8) is 0 Å². The molecular formula is C20H29NO3. The van der Waals surface area contributed by atoms with Gasteiger partial charge in [0.2, 0.25) is 5.78 Å². The number of hydrogen-bond acceptors (Lipinski definition) is 3. The van der Waals surface area contributed by atoms with Crippen molar-refractivity contribution in [1.29, 1.82) is 0 Å². The molecule has 2 rings (SSSR count). The lowest BCUT2D eigenvalue weighted by atomic mass is 9.91. The number of piperidine rings is 1. The van der Waals surface area contributed by atoms with Gasteiger partial charge in [-0.05, 0) is 55.2 Å². The quantitative estimate of drug-likeness (QED) is 0.719. The number of aryl methyl sites for hydroxylation is 1. The van der Waals surface area contributed by atoms with Crippen LogP contribution in [0.1, 0.15) is 45.1 Å². The number of carbonyl (C=O) groups excluding carboxylic acids is 2. The van der Waals surface area contributed by atoms with Crippen molar-refractivity contribution < 1.29 is 14.3 Å². The molecule has 4 nitrogen and oxygen atoms in total. The number of likely N-dealkylation sites (tertiary alicyclic amines) is 1. The number of amides is 1. The molecular weight excluding hydrogens is 302 g/mol. The third-order valence-electron chi connectivity index (χ3n) is 4.64. The Kier molecular flexibility index (Phi) is 6.83. The van der Waals surface area contributed by atoms with Crippen LogP contribution in [0.4, 0.5) is 0 Å². The van der Waals surface area contributed by atoms with E-state index in [9.17, 15) is 9.59 Å². The standard InChI is InChI=1S/C20H29NO3/c1-15(2)13-19(22)20(23)21-12-4-5-17(14-21)7-6-16-8-10-18(24-3)11-9-16/h8-11,15,17H,4-7,12-14H2,1-3H3. The van der Waals surface area contributed by atoms with Crippen LogP contribution in [-0.2, 0) is 16.0 Å². The van der Waals surface area contributed by atoms with Crippen molar-refractivity contribution in [3.05, 3.63) is 29.8 Å². The summed E-state index contributed by atoms with van der Waals surface area (Å²) in [7, 11) is 1.67. The number of ketones is 1. The maximum absolute atomic E-state index is 12.3. The highest BCUT2D eigenvalue weighted by atomic mass is 16.5. The lowest BCUT2D eigenvalue weighted by molar-refractivity contribution is -0.146. The Balaban J connectivity index is 1.83. The van der Waals surface area contributed by atoms with Crippen LogP contribution < -0.4 is 4.74 Å². The van der Waals surface area contributed by atoms with E-state index in [0.29, 0.717) is 12.3 Å². The number of methoxy groups -OCH3 is 1. The molecule has 1 heterocycles. The summed E-state index contributed by atoms with van der Waals surface area (Å²) in [6.45, 7) is 5.39. The molecule has 0 aromatic heterocycles. The second-order valence-electron chi connectivity index (χ2n) is 7.17. The number of hydrogen-bond donors (Lipinski definition) is 0. The molecule has 1 saturated heterocycles. The Labute approximate surface area is 145 Å². The zero-order valence-electron chi connectivity index (χ0n) is 15.1. The number of benzene rings is 1. The summed E-state index contributed by atoms with van der Waals surface area (Å²) in [6, 6.07) is 8.15. The van der Waals surface area contributed by atoms with E-state index in [0.717, 1.165) is 44.5 Å². The molecule has 1 amide bonds. The van der Waals surface area contributed by atoms with Crippen LogP contribution in [0.15, 0.2) is 24.3 Å². The average molecular weight is 331 g/mol. The topological polar surface area (TPSA) is 46.6 Å². The van der Waals surface area contributed by atoms with Gasteiger partial charge in [0, 0.05) is 19.5 Å². The highest BCUT2D eigenvalue weighted by molar-refractivity contribution is 6.36. The Morgan fingerprint density at radius 3 is 2.58 bits per heavy atom. The van der Waals surface area contributed by atoms with Gasteiger partial charge in [0.05, 0.1) is 7.11 Å². The summed E-state index contributed by atoms with van der Waals surface area (Å²) in [4.78, 5) is 26.1. The summed E-state index contributed by atoms with van der Waals surface area (Å²) in [5.74, 6) is 1.07. The minimum absolute atomic E-state index is 0.233. The van der Waals surface area contributed by atoms with E-state index in [1.165, 1.54) is 5.56 Å². The summed E-state index contributed by atoms with van der Waals surface area (Å²) >= 11 is 0. The first kappa shape index (κ1) is 18.5. The van der Waals surface area contributed by atoms with Gasteiger partial charge in [-0.3, -0.25) is 9.59 Å². The molecule has 24 heavy (non-hydrogen) atoms. The SMILES string of the molecule is COc1ccc(CCC2CCCN(C(=O)C(=O)CC(C)C)C2)cc1. The van der Waals surface area contributed by atoms with Crippen LogP contribution in [0.2, 0.25) is 0 Å². The molecule has 0 spiro atoms. The lowest BCUT2D eigenvalue weighted by Crippen LogP contribution is -2.43. The zero-order valence-corrected chi connectivity index (χ0v) is 15.1. The minimum atomic E-state index is -0.280. The van der Waals surface area contributed by atoms with Crippen LogP contribution >= 0.6 is 0 Å². The molecule has 1 atom stereocenters. The number of carbonyl (C=O) groups is 2. The number of rotatable bonds is 7. The Hall–Kier alpha value is -1.84. The van der Waals surface area contributed by atoms with Gasteiger partial charge in [-0.25, -0.2) is 0 Å². The molecule has 1 fully saturated rings. The van der Waals surface area contributed by atoms with Gasteiger partial charge in [0.15, 0.2) is 0 Å². The fourth-order valence-electron chi connectivity index (χ4n) is 3.28. The third kappa shape index (κ3) is 5.36. The van der Waals surface area contributed by atoms with Crippen LogP contribution in [-0.4, -0.2) is 36.8 Å². The van der Waals surface area contributed by atoms with Crippen LogP contribution in [0.3, 0.4) is 0 Å². The Bertz CT molecular complexity index is 551. The molecule has 0 N–H and O–H groups in total. The van der Waals surface area contributed by atoms with E-state index < -0.39 is 0 Å². The fourth-order valence-corrected chi connectivity index (χ4v) is 3.28. The molecule has 1 aliphatic heterocycles. The summed E-state index contributed by atoms with van der Waals surface area (Å²) in [5, 5.41) is 0. The monoisotopic (exact) mass is 331 g/mol. The van der Waals surface area contributed by atoms with E-state index in [-0.39, 0.29) is 17.6 Å². The van der Waals surface area contributed by atoms with Gasteiger partial charge in [-0.15, -0.1) is 0 Å². The molecule has 0 radical (unpaired) electrons. The first-order valence-corrected chi connectivity index (χ1v) is 8.94. The molecule has 0 aliphatic carbocycles. The first-order chi connectivity index (χ1) is 11.5. The summed E-state index contributed by atoms with van der Waals surface area (Å²) in [6.07, 6.45) is 4.53. The van der Waals surface area contributed by atoms with Crippen LogP contribution in [0, 0.1) is 11.8 Å². The summed E-state index contributed by atoms with van der Waals surface area (Å²) < 4.78 is 5.18. The van der Waals surface area contributed by atoms with Gasteiger partial charge >= 0.3 is 0 Å². The second-order valence-corrected chi connectivity index (χ2v) is 7.17. The van der Waals surface area contributed by atoms with E-state index in [1.807, 2.05) is 26.0 Å². The molecule has 0 saturated carbocycles. The molecule has 1 unspecified atom stereocenters. The normalized spacial score (nSPS) is 17.8. The van der Waals surface area contributed by atoms with Crippen molar-refractivity contribution in [1.82, 2.24) is 4.90 Å². The van der Waals surface area contributed by atoms with Crippen LogP contribution in [0.25, 0.3) is 0 Å². The van der Waals surface area contributed by atoms with Crippen molar-refractivity contribution in [2.24, 2.45) is 11.8 Å². The molecule has 1 aliphatic rings. The van der Waals surface area contributed by atoms with Crippen molar-refractivity contribution in [2.75, 3.05) is 20.2 Å². The van der Waals surface area contributed by atoms with Gasteiger partial charge in [0.1, 0.15) is 5.75 Å². The first-order valence-electron chi connectivity index (χ1n) is 8.94. The van der Waals surface area contributed by atoms with E-state index in [2.05, 4.69) is 12.1 Å². The van der Waals surface area contributed by atoms with E-state index in [1.54, 1.807) is 12.0 Å². The molecule has 0 bridgehead atoms. The van der Waals surface area contributed by atoms with Crippen molar-refractivity contribution in [2.45, 2.75) is 46.0 Å². The zero-order chi connectivity index (χ0) is 17.5. The van der Waals surface area contributed by atoms with Gasteiger partial charge < -0.3 is 9.64 Å². The van der Waals surface area contributed by atoms with Gasteiger partial charge in [-0.2, -0.15) is 0 Å². The number of Topliss-reactive ketones (excluding diaryl/α,β-unsaturated/α-hetero) is 1. The van der Waals surface area contributed by atoms with Gasteiger partial charge in [0.25, 0.3) is 5.91 Å². The smallest absolute Gasteiger partial charge is 0.289 e. The molecule has 4 heteroatoms. The largest absolute Gasteiger partial charge is 0.497 e. The van der Waals surface area contributed by atoms with Gasteiger partial charge in [-0.1, -0.05) is 26.0 Å². The Morgan fingerprint density at radius 2 is 1.96 bits per heavy atom. The predicted molar refractivity (Wildman–Crippen MR) is 95.1 cm³/mol. The minimum Gasteiger partial charge on any atom is -0.497 e. The highest BCUT2D eigenvalue weighted by Crippen LogP contribution is 2.23. The molecule has 1 aromatic carbocycles. The van der Waals surface area contributed by atoms with E-state index >= 15 is 0 Å². The van der Waals surface area contributed by atoms with Crippen molar-refractivity contribution >= 4 is 11.7 Å². The maximum Gasteiger partial charge on any atom is 0.289 e. The van der Waals surface area contributed by atoms with E-state index in [4.69, 9.17) is 4.74 Å². The Morgan fingerprint density at radius 1 is 1.25 bits per heavy atom. The number of ether oxygens (including phenoxy) is 1. The third-order valence-corrected chi connectivity index (χ3v) is 4.64. The predicted octanol–water partition coefficient (Wildman–Crippen LogP) is 3.48. The highest BCUT2D eigenvalue weighted by Gasteiger charge is 2.27. The summed E-state index contributed by atoms with van der Waals surface area (Å²) in [5.41, 5.74) is 1.29. The van der Waals surface area contributed by atoms with Crippen molar-refractivity contribution in [3.8, 4) is 5.75 Å². The molecule has 1 aromatic rings. The molecule has 132 valence electrons. The van der Waals surface area contributed by atoms with Crippen LogP contribution in [0.5, 0.6) is 5.75 Å². The second kappa shape index (κ2) is 8.86. The number of nitrogens with zero attached hydrogens (tertiary/aromatic N) is 1. The maximum atomic E-state index is 12.3. The lowest BCUT2D eigenvalue weighted by Gasteiger charge is -2.32. The average Bonchev–Trinajstić information content (AvgIpc) is 2.59.